The molecule has 1 aliphatic rings. The van der Waals surface area contributed by atoms with Crippen molar-refractivity contribution in [3.8, 4) is 5.75 Å². The Labute approximate surface area is 101 Å². The van der Waals surface area contributed by atoms with Crippen LogP contribution in [0.25, 0.3) is 0 Å². The van der Waals surface area contributed by atoms with Crippen LogP contribution in [-0.2, 0) is 11.2 Å². The molecule has 1 amide bonds. The Bertz CT molecular complexity index is 429. The van der Waals surface area contributed by atoms with Gasteiger partial charge in [-0.25, -0.2) is 0 Å². The van der Waals surface area contributed by atoms with E-state index in [4.69, 9.17) is 10.5 Å². The molecule has 0 spiro atoms. The van der Waals surface area contributed by atoms with E-state index in [-0.39, 0.29) is 18.6 Å². The standard InChI is InChI=1S/C13H18N2O2/c1-3-15-11-7-10(6-9(2)14)4-5-12(11)17-8-13(15)16/h4-5,7,9H,3,6,8,14H2,1-2H3. The Kier molecular flexibility index (Phi) is 3.33. The van der Waals surface area contributed by atoms with Crippen molar-refractivity contribution in [1.29, 1.82) is 0 Å². The number of benzene rings is 1. The molecule has 0 aliphatic carbocycles. The minimum Gasteiger partial charge on any atom is -0.482 e. The van der Waals surface area contributed by atoms with Crippen LogP contribution in [0.1, 0.15) is 19.4 Å². The number of hydrogen-bond donors (Lipinski definition) is 1. The topological polar surface area (TPSA) is 55.6 Å². The van der Waals surface area contributed by atoms with E-state index in [1.165, 1.54) is 0 Å². The number of fused-ring (bicyclic) bond motifs is 1. The van der Waals surface area contributed by atoms with Gasteiger partial charge in [0.1, 0.15) is 5.75 Å². The second-order valence-electron chi connectivity index (χ2n) is 4.41. The van der Waals surface area contributed by atoms with Crippen LogP contribution in [0.4, 0.5) is 5.69 Å². The van der Waals surface area contributed by atoms with Crippen LogP contribution in [0.15, 0.2) is 18.2 Å². The molecule has 1 aliphatic heterocycles. The summed E-state index contributed by atoms with van der Waals surface area (Å²) in [5.74, 6) is 0.790. The molecular weight excluding hydrogens is 216 g/mol. The van der Waals surface area contributed by atoms with Gasteiger partial charge in [-0.1, -0.05) is 6.07 Å². The zero-order chi connectivity index (χ0) is 12.4. The number of amides is 1. The third kappa shape index (κ3) is 2.42. The fourth-order valence-corrected chi connectivity index (χ4v) is 2.09. The summed E-state index contributed by atoms with van der Waals surface area (Å²) in [4.78, 5) is 13.5. The Morgan fingerprint density at radius 3 is 2.94 bits per heavy atom. The molecule has 0 bridgehead atoms. The Morgan fingerprint density at radius 1 is 1.53 bits per heavy atom. The lowest BCUT2D eigenvalue weighted by Crippen LogP contribution is -2.38. The molecule has 0 radical (unpaired) electrons. The van der Waals surface area contributed by atoms with E-state index in [0.29, 0.717) is 6.54 Å². The molecule has 4 nitrogen and oxygen atoms in total. The fraction of sp³-hybridized carbons (Fsp3) is 0.462. The van der Waals surface area contributed by atoms with E-state index in [1.54, 1.807) is 4.90 Å². The van der Waals surface area contributed by atoms with E-state index in [0.717, 1.165) is 23.4 Å². The van der Waals surface area contributed by atoms with E-state index >= 15 is 0 Å². The average Bonchev–Trinajstić information content (AvgIpc) is 2.28. The smallest absolute Gasteiger partial charge is 0.265 e. The van der Waals surface area contributed by atoms with Gasteiger partial charge >= 0.3 is 0 Å². The van der Waals surface area contributed by atoms with Gasteiger partial charge < -0.3 is 15.4 Å². The van der Waals surface area contributed by atoms with Gasteiger partial charge in [-0.05, 0) is 38.0 Å². The van der Waals surface area contributed by atoms with Gasteiger partial charge in [-0.3, -0.25) is 4.79 Å². The summed E-state index contributed by atoms with van der Waals surface area (Å²) in [5.41, 5.74) is 7.78. The van der Waals surface area contributed by atoms with Gasteiger partial charge in [0.15, 0.2) is 6.61 Å². The van der Waals surface area contributed by atoms with Crippen molar-refractivity contribution in [2.75, 3.05) is 18.1 Å². The SMILES string of the molecule is CCN1C(=O)COc2ccc(CC(C)N)cc21. The van der Waals surface area contributed by atoms with Crippen molar-refractivity contribution in [2.45, 2.75) is 26.3 Å². The van der Waals surface area contributed by atoms with Crippen molar-refractivity contribution >= 4 is 11.6 Å². The second kappa shape index (κ2) is 4.75. The quantitative estimate of drug-likeness (QED) is 0.858. The van der Waals surface area contributed by atoms with Crippen LogP contribution >= 0.6 is 0 Å². The minimum absolute atomic E-state index is 0.0120. The molecule has 0 aromatic heterocycles. The van der Waals surface area contributed by atoms with Gasteiger partial charge in [-0.15, -0.1) is 0 Å². The van der Waals surface area contributed by atoms with E-state index in [2.05, 4.69) is 0 Å². The van der Waals surface area contributed by atoms with Crippen LogP contribution in [0.2, 0.25) is 0 Å². The van der Waals surface area contributed by atoms with Crippen LogP contribution in [0.3, 0.4) is 0 Å². The summed E-state index contributed by atoms with van der Waals surface area (Å²) in [6.07, 6.45) is 0.805. The van der Waals surface area contributed by atoms with Gasteiger partial charge in [0.05, 0.1) is 5.69 Å². The third-order valence-electron chi connectivity index (χ3n) is 2.84. The molecule has 4 heteroatoms. The summed E-state index contributed by atoms with van der Waals surface area (Å²) in [6.45, 7) is 4.73. The fourth-order valence-electron chi connectivity index (χ4n) is 2.09. The van der Waals surface area contributed by atoms with E-state index < -0.39 is 0 Å². The number of rotatable bonds is 3. The summed E-state index contributed by atoms with van der Waals surface area (Å²) < 4.78 is 5.41. The Morgan fingerprint density at radius 2 is 2.29 bits per heavy atom. The van der Waals surface area contributed by atoms with Crippen LogP contribution in [0, 0.1) is 0 Å². The molecule has 1 aromatic rings. The third-order valence-corrected chi connectivity index (χ3v) is 2.84. The molecule has 1 aromatic carbocycles. The van der Waals surface area contributed by atoms with E-state index in [1.807, 2.05) is 32.0 Å². The number of carbonyl (C=O) groups is 1. The summed E-state index contributed by atoms with van der Waals surface area (Å²) in [7, 11) is 0. The molecule has 17 heavy (non-hydrogen) atoms. The molecule has 0 saturated heterocycles. The van der Waals surface area contributed by atoms with Crippen molar-refractivity contribution in [3.05, 3.63) is 23.8 Å². The number of carbonyl (C=O) groups excluding carboxylic acids is 1. The van der Waals surface area contributed by atoms with Gasteiger partial charge in [0.25, 0.3) is 5.91 Å². The zero-order valence-corrected chi connectivity index (χ0v) is 10.3. The predicted molar refractivity (Wildman–Crippen MR) is 67.3 cm³/mol. The number of nitrogens with zero attached hydrogens (tertiary/aromatic N) is 1. The number of anilines is 1. The summed E-state index contributed by atoms with van der Waals surface area (Å²) >= 11 is 0. The highest BCUT2D eigenvalue weighted by atomic mass is 16.5. The highest BCUT2D eigenvalue weighted by Gasteiger charge is 2.24. The Hall–Kier alpha value is -1.55. The maximum atomic E-state index is 11.7. The zero-order valence-electron chi connectivity index (χ0n) is 10.3. The highest BCUT2D eigenvalue weighted by molar-refractivity contribution is 5.97. The van der Waals surface area contributed by atoms with Crippen LogP contribution < -0.4 is 15.4 Å². The molecule has 2 N–H and O–H groups in total. The van der Waals surface area contributed by atoms with Gasteiger partial charge in [0.2, 0.25) is 0 Å². The van der Waals surface area contributed by atoms with Crippen LogP contribution in [-0.4, -0.2) is 25.1 Å². The van der Waals surface area contributed by atoms with E-state index in [9.17, 15) is 4.79 Å². The molecule has 1 heterocycles. The lowest BCUT2D eigenvalue weighted by molar-refractivity contribution is -0.121. The molecular formula is C13H18N2O2. The first-order chi connectivity index (χ1) is 8.11. The number of hydrogen-bond acceptors (Lipinski definition) is 3. The highest BCUT2D eigenvalue weighted by Crippen LogP contribution is 2.32. The first-order valence-electron chi connectivity index (χ1n) is 5.93. The van der Waals surface area contributed by atoms with Gasteiger partial charge in [-0.2, -0.15) is 0 Å². The second-order valence-corrected chi connectivity index (χ2v) is 4.41. The first kappa shape index (κ1) is 11.9. The maximum absolute atomic E-state index is 11.7. The Balaban J connectivity index is 2.34. The number of ether oxygens (including phenoxy) is 1. The molecule has 1 unspecified atom stereocenters. The monoisotopic (exact) mass is 234 g/mol. The minimum atomic E-state index is 0.0120. The van der Waals surface area contributed by atoms with Gasteiger partial charge in [0, 0.05) is 12.6 Å². The molecule has 0 fully saturated rings. The molecule has 0 saturated carbocycles. The number of likely N-dealkylation sites (N-methyl/N-ethyl adjacent to an activating group) is 1. The largest absolute Gasteiger partial charge is 0.482 e. The van der Waals surface area contributed by atoms with Crippen molar-refractivity contribution in [2.24, 2.45) is 5.73 Å². The predicted octanol–water partition coefficient (Wildman–Crippen LogP) is 1.32. The lowest BCUT2D eigenvalue weighted by atomic mass is 10.1. The normalized spacial score (nSPS) is 16.4. The number of nitrogens with two attached hydrogens (primary N) is 1. The van der Waals surface area contributed by atoms with Crippen molar-refractivity contribution < 1.29 is 9.53 Å². The maximum Gasteiger partial charge on any atom is 0.265 e. The van der Waals surface area contributed by atoms with Crippen molar-refractivity contribution in [3.63, 3.8) is 0 Å². The lowest BCUT2D eigenvalue weighted by Gasteiger charge is -2.28. The molecule has 92 valence electrons. The average molecular weight is 234 g/mol. The van der Waals surface area contributed by atoms with Crippen LogP contribution in [0.5, 0.6) is 5.75 Å². The van der Waals surface area contributed by atoms with Crippen molar-refractivity contribution in [1.82, 2.24) is 0 Å². The molecule has 2 rings (SSSR count). The molecule has 1 atom stereocenters. The summed E-state index contributed by atoms with van der Waals surface area (Å²) in [5, 5.41) is 0. The summed E-state index contributed by atoms with van der Waals surface area (Å²) in [6, 6.07) is 6.04. The first-order valence-corrected chi connectivity index (χ1v) is 5.93.